The van der Waals surface area contributed by atoms with Gasteiger partial charge in [-0.3, -0.25) is 9.69 Å². The number of hydrogen-bond acceptors (Lipinski definition) is 5. The zero-order valence-corrected chi connectivity index (χ0v) is 21.3. The van der Waals surface area contributed by atoms with Gasteiger partial charge in [-0.1, -0.05) is 17.7 Å². The van der Waals surface area contributed by atoms with E-state index in [0.717, 1.165) is 67.3 Å². The Morgan fingerprint density at radius 2 is 1.73 bits per heavy atom. The number of carbonyl (C=O) groups excluding carboxylic acids is 1. The second-order valence-corrected chi connectivity index (χ2v) is 9.50. The molecule has 8 heteroatoms. The smallest absolute Gasteiger partial charge is 0.262 e. The Bertz CT molecular complexity index is 1360. The highest BCUT2D eigenvalue weighted by molar-refractivity contribution is 5.94. The number of piperazine rings is 1. The molecular weight excluding hydrogens is 469 g/mol. The number of halogens is 1. The fourth-order valence-corrected chi connectivity index (χ4v) is 4.67. The molecule has 0 atom stereocenters. The van der Waals surface area contributed by atoms with Gasteiger partial charge in [0.25, 0.3) is 5.91 Å². The van der Waals surface area contributed by atoms with Crippen LogP contribution in [0.3, 0.4) is 0 Å². The van der Waals surface area contributed by atoms with Crippen molar-refractivity contribution in [2.24, 2.45) is 7.05 Å². The van der Waals surface area contributed by atoms with E-state index in [1.54, 1.807) is 0 Å². The lowest BCUT2D eigenvalue weighted by molar-refractivity contribution is -0.118. The average Bonchev–Trinajstić information content (AvgIpc) is 3.22. The molecule has 0 unspecified atom stereocenters. The van der Waals surface area contributed by atoms with Crippen LogP contribution >= 0.6 is 0 Å². The van der Waals surface area contributed by atoms with Gasteiger partial charge >= 0.3 is 0 Å². The van der Waals surface area contributed by atoms with Gasteiger partial charge < -0.3 is 19.5 Å². The predicted molar refractivity (Wildman–Crippen MR) is 145 cm³/mol. The fourth-order valence-electron chi connectivity index (χ4n) is 4.67. The molecule has 1 fully saturated rings. The maximum Gasteiger partial charge on any atom is 0.262 e. The Labute approximate surface area is 216 Å². The van der Waals surface area contributed by atoms with E-state index in [1.165, 1.54) is 12.1 Å². The van der Waals surface area contributed by atoms with Crippen LogP contribution in [0.4, 0.5) is 15.8 Å². The molecule has 1 amide bonds. The first-order chi connectivity index (χ1) is 17.9. The van der Waals surface area contributed by atoms with Crippen LogP contribution in [0.1, 0.15) is 11.4 Å². The molecule has 0 spiro atoms. The van der Waals surface area contributed by atoms with Crippen LogP contribution in [0, 0.1) is 12.7 Å². The minimum Gasteiger partial charge on any atom is -0.484 e. The molecule has 1 aliphatic heterocycles. The highest BCUT2D eigenvalue weighted by atomic mass is 19.1. The Kier molecular flexibility index (Phi) is 7.37. The molecule has 1 N–H and O–H groups in total. The fraction of sp³-hybridized carbons (Fsp3) is 0.310. The van der Waals surface area contributed by atoms with Crippen molar-refractivity contribution in [2.45, 2.75) is 13.3 Å². The van der Waals surface area contributed by atoms with Crippen molar-refractivity contribution in [3.8, 4) is 5.75 Å². The molecule has 0 aliphatic carbocycles. The van der Waals surface area contributed by atoms with Crippen LogP contribution in [0.2, 0.25) is 0 Å². The van der Waals surface area contributed by atoms with E-state index in [0.29, 0.717) is 11.4 Å². The van der Waals surface area contributed by atoms with Gasteiger partial charge in [0.05, 0.1) is 11.0 Å². The van der Waals surface area contributed by atoms with Gasteiger partial charge in [0, 0.05) is 57.6 Å². The summed E-state index contributed by atoms with van der Waals surface area (Å²) in [5.74, 6) is 1.27. The number of carbonyl (C=O) groups is 1. The summed E-state index contributed by atoms with van der Waals surface area (Å²) in [6.45, 7) is 6.64. The number of ether oxygens (including phenoxy) is 1. The first-order valence-electron chi connectivity index (χ1n) is 12.6. The lowest BCUT2D eigenvalue weighted by Crippen LogP contribution is -2.47. The van der Waals surface area contributed by atoms with Gasteiger partial charge in [0.1, 0.15) is 17.4 Å². The molecular formula is C29H32FN5O2. The first-order valence-corrected chi connectivity index (χ1v) is 12.6. The van der Waals surface area contributed by atoms with E-state index in [-0.39, 0.29) is 18.3 Å². The number of benzene rings is 3. The number of nitrogens with zero attached hydrogens (tertiary/aromatic N) is 4. The predicted octanol–water partition coefficient (Wildman–Crippen LogP) is 4.40. The van der Waals surface area contributed by atoms with Gasteiger partial charge in [-0.15, -0.1) is 0 Å². The molecule has 1 saturated heterocycles. The first kappa shape index (κ1) is 24.8. The number of rotatable bonds is 8. The van der Waals surface area contributed by atoms with Crippen molar-refractivity contribution < 1.29 is 13.9 Å². The van der Waals surface area contributed by atoms with Gasteiger partial charge in [0.2, 0.25) is 0 Å². The SMILES string of the molecule is Cc1ccc(OCC(=O)Nc2ccc3c(c2)nc(CCN2CCN(c4ccc(F)cc4)CC2)n3C)cc1. The largest absolute Gasteiger partial charge is 0.484 e. The van der Waals surface area contributed by atoms with Gasteiger partial charge in [-0.05, 0) is 61.5 Å². The Morgan fingerprint density at radius 3 is 2.46 bits per heavy atom. The second-order valence-electron chi connectivity index (χ2n) is 9.50. The molecule has 0 bridgehead atoms. The lowest BCUT2D eigenvalue weighted by Gasteiger charge is -2.36. The quantitative estimate of drug-likeness (QED) is 0.388. The monoisotopic (exact) mass is 501 g/mol. The number of amides is 1. The maximum atomic E-state index is 13.2. The number of imidazole rings is 1. The number of anilines is 2. The molecule has 1 aliphatic rings. The molecule has 0 saturated carbocycles. The Hall–Kier alpha value is -3.91. The third kappa shape index (κ3) is 6.09. The number of aryl methyl sites for hydroxylation is 2. The highest BCUT2D eigenvalue weighted by Gasteiger charge is 2.18. The van der Waals surface area contributed by atoms with Crippen molar-refractivity contribution in [2.75, 3.05) is 49.5 Å². The highest BCUT2D eigenvalue weighted by Crippen LogP contribution is 2.21. The van der Waals surface area contributed by atoms with Crippen LogP contribution in [0.5, 0.6) is 5.75 Å². The van der Waals surface area contributed by atoms with Crippen molar-refractivity contribution in [1.29, 1.82) is 0 Å². The normalized spacial score (nSPS) is 14.2. The van der Waals surface area contributed by atoms with E-state index in [9.17, 15) is 9.18 Å². The molecule has 7 nitrogen and oxygen atoms in total. The minimum atomic E-state index is -0.212. The summed E-state index contributed by atoms with van der Waals surface area (Å²) in [4.78, 5) is 22.0. The van der Waals surface area contributed by atoms with E-state index in [2.05, 4.69) is 19.7 Å². The zero-order valence-electron chi connectivity index (χ0n) is 21.3. The number of nitrogens with one attached hydrogen (secondary N) is 1. The summed E-state index contributed by atoms with van der Waals surface area (Å²) in [5, 5.41) is 2.90. The second kappa shape index (κ2) is 11.0. The summed E-state index contributed by atoms with van der Waals surface area (Å²) in [5.41, 5.74) is 4.80. The van der Waals surface area contributed by atoms with Crippen LogP contribution in [0.25, 0.3) is 11.0 Å². The number of fused-ring (bicyclic) bond motifs is 1. The van der Waals surface area contributed by atoms with E-state index in [1.807, 2.05) is 68.6 Å². The lowest BCUT2D eigenvalue weighted by atomic mass is 10.2. The molecule has 5 rings (SSSR count). The molecule has 192 valence electrons. The molecule has 0 radical (unpaired) electrons. The summed E-state index contributed by atoms with van der Waals surface area (Å²) in [7, 11) is 2.03. The van der Waals surface area contributed by atoms with Crippen LogP contribution in [0.15, 0.2) is 66.7 Å². The minimum absolute atomic E-state index is 0.0526. The third-order valence-corrected chi connectivity index (χ3v) is 6.86. The molecule has 3 aromatic carbocycles. The molecule has 2 heterocycles. The maximum absolute atomic E-state index is 13.2. The van der Waals surface area contributed by atoms with E-state index in [4.69, 9.17) is 9.72 Å². The van der Waals surface area contributed by atoms with E-state index < -0.39 is 0 Å². The van der Waals surface area contributed by atoms with Crippen molar-refractivity contribution in [1.82, 2.24) is 14.5 Å². The zero-order chi connectivity index (χ0) is 25.8. The summed E-state index contributed by atoms with van der Waals surface area (Å²) < 4.78 is 20.9. The topological polar surface area (TPSA) is 62.6 Å². The van der Waals surface area contributed by atoms with Crippen LogP contribution in [-0.2, 0) is 18.3 Å². The average molecular weight is 502 g/mol. The standard InChI is InChI=1S/C29H32FN5O2/c1-21-3-10-25(11-4-21)37-20-29(36)31-23-7-12-27-26(19-23)32-28(33(27)2)13-14-34-15-17-35(18-16-34)24-8-5-22(30)6-9-24/h3-12,19H,13-18,20H2,1-2H3,(H,31,36). The van der Waals surface area contributed by atoms with Gasteiger partial charge in [-0.25, -0.2) is 9.37 Å². The van der Waals surface area contributed by atoms with Crippen LogP contribution in [-0.4, -0.2) is 59.7 Å². The number of hydrogen-bond donors (Lipinski definition) is 1. The van der Waals surface area contributed by atoms with Crippen molar-refractivity contribution >= 4 is 28.3 Å². The third-order valence-electron chi connectivity index (χ3n) is 6.86. The summed E-state index contributed by atoms with van der Waals surface area (Å²) in [6, 6.07) is 20.1. The van der Waals surface area contributed by atoms with E-state index >= 15 is 0 Å². The molecule has 37 heavy (non-hydrogen) atoms. The van der Waals surface area contributed by atoms with Gasteiger partial charge in [-0.2, -0.15) is 0 Å². The van der Waals surface area contributed by atoms with Gasteiger partial charge in [0.15, 0.2) is 6.61 Å². The van der Waals surface area contributed by atoms with Crippen LogP contribution < -0.4 is 15.0 Å². The Balaban J connectivity index is 1.13. The van der Waals surface area contributed by atoms with Crippen molar-refractivity contribution in [3.63, 3.8) is 0 Å². The molecule has 4 aromatic rings. The summed E-state index contributed by atoms with van der Waals surface area (Å²) in [6.07, 6.45) is 0.841. The summed E-state index contributed by atoms with van der Waals surface area (Å²) >= 11 is 0. The number of aromatic nitrogens is 2. The van der Waals surface area contributed by atoms with Crippen molar-refractivity contribution in [3.05, 3.63) is 83.9 Å². The molecule has 1 aromatic heterocycles. The Morgan fingerprint density at radius 1 is 1.00 bits per heavy atom.